The molecular formula is C19H23N3O4S. The summed E-state index contributed by atoms with van der Waals surface area (Å²) in [6.07, 6.45) is 3.55. The van der Waals surface area contributed by atoms with Gasteiger partial charge in [-0.1, -0.05) is 12.5 Å². The van der Waals surface area contributed by atoms with Gasteiger partial charge in [-0.25, -0.2) is 8.42 Å². The van der Waals surface area contributed by atoms with Crippen LogP contribution in [-0.2, 0) is 10.0 Å². The molecule has 0 fully saturated rings. The number of furan rings is 1. The Kier molecular flexibility index (Phi) is 5.65. The van der Waals surface area contributed by atoms with Crippen LogP contribution in [0, 0.1) is 13.8 Å². The first kappa shape index (κ1) is 19.2. The Hall–Kier alpha value is -2.61. The molecule has 1 amide bonds. The quantitative estimate of drug-likeness (QED) is 0.837. The minimum absolute atomic E-state index is 0.0762. The van der Waals surface area contributed by atoms with Gasteiger partial charge in [0.25, 0.3) is 15.9 Å². The summed E-state index contributed by atoms with van der Waals surface area (Å²) in [4.78, 5) is 16.8. The van der Waals surface area contributed by atoms with E-state index in [-0.39, 0.29) is 10.8 Å². The molecule has 0 saturated carbocycles. The highest BCUT2D eigenvalue weighted by molar-refractivity contribution is 7.90. The molecule has 8 heteroatoms. The van der Waals surface area contributed by atoms with Crippen molar-refractivity contribution in [2.75, 3.05) is 11.9 Å². The maximum atomic E-state index is 12.7. The van der Waals surface area contributed by atoms with Gasteiger partial charge in [0.05, 0.1) is 10.5 Å². The topological polar surface area (TPSA) is 101 Å². The normalized spacial score (nSPS) is 15.0. The zero-order chi connectivity index (χ0) is 19.4. The fourth-order valence-corrected chi connectivity index (χ4v) is 4.10. The van der Waals surface area contributed by atoms with Crippen molar-refractivity contribution in [2.24, 2.45) is 4.99 Å². The van der Waals surface area contributed by atoms with Gasteiger partial charge in [-0.15, -0.1) is 0 Å². The Balaban J connectivity index is 1.77. The van der Waals surface area contributed by atoms with Crippen LogP contribution in [0.4, 0.5) is 5.69 Å². The second-order valence-electron chi connectivity index (χ2n) is 6.55. The number of aliphatic imine (C=N–C) groups is 1. The fraction of sp³-hybridized carbons (Fsp3) is 0.368. The van der Waals surface area contributed by atoms with Crippen LogP contribution in [0.5, 0.6) is 0 Å². The van der Waals surface area contributed by atoms with E-state index in [9.17, 15) is 13.2 Å². The number of carbonyl (C=O) groups excluding carboxylic acids is 1. The van der Waals surface area contributed by atoms with Crippen LogP contribution >= 0.6 is 0 Å². The van der Waals surface area contributed by atoms with Crippen LogP contribution in [0.25, 0.3) is 0 Å². The number of rotatable bonds is 4. The molecule has 0 spiro atoms. The van der Waals surface area contributed by atoms with E-state index in [1.807, 2.05) is 0 Å². The van der Waals surface area contributed by atoms with E-state index in [1.54, 1.807) is 32.0 Å². The Morgan fingerprint density at radius 3 is 2.70 bits per heavy atom. The molecule has 0 saturated heterocycles. The third-order valence-corrected chi connectivity index (χ3v) is 5.69. The van der Waals surface area contributed by atoms with Crippen LogP contribution in [-0.4, -0.2) is 26.7 Å². The molecule has 2 N–H and O–H groups in total. The molecule has 2 heterocycles. The number of hydrogen-bond acceptors (Lipinski definition) is 5. The molecule has 0 aliphatic carbocycles. The van der Waals surface area contributed by atoms with E-state index >= 15 is 0 Å². The molecular weight excluding hydrogens is 366 g/mol. The number of amides is 1. The monoisotopic (exact) mass is 389 g/mol. The van der Waals surface area contributed by atoms with Gasteiger partial charge in [-0.3, -0.25) is 14.5 Å². The summed E-state index contributed by atoms with van der Waals surface area (Å²) in [7, 11) is -3.75. The SMILES string of the molecule is Cc1cc(C(=O)Nc2cccc(S(=O)(=O)NC3=NCCCCC3)c2)c(C)o1. The number of amidine groups is 1. The molecule has 3 rings (SSSR count). The molecule has 144 valence electrons. The minimum Gasteiger partial charge on any atom is -0.466 e. The number of sulfonamides is 1. The highest BCUT2D eigenvalue weighted by Crippen LogP contribution is 2.19. The van der Waals surface area contributed by atoms with Crippen molar-refractivity contribution in [1.29, 1.82) is 0 Å². The number of nitrogens with zero attached hydrogens (tertiary/aromatic N) is 1. The summed E-state index contributed by atoms with van der Waals surface area (Å²) in [5.41, 5.74) is 0.815. The Morgan fingerprint density at radius 1 is 1.15 bits per heavy atom. The second-order valence-corrected chi connectivity index (χ2v) is 8.24. The molecule has 1 aromatic carbocycles. The average Bonchev–Trinajstić information content (AvgIpc) is 2.80. The first-order valence-corrected chi connectivity index (χ1v) is 10.4. The summed E-state index contributed by atoms with van der Waals surface area (Å²) >= 11 is 0. The van der Waals surface area contributed by atoms with Crippen molar-refractivity contribution in [1.82, 2.24) is 4.72 Å². The standard InChI is InChI=1S/C19H23N3O4S/c1-13-11-17(14(2)26-13)19(23)21-15-7-6-8-16(12-15)27(24,25)22-18-9-4-3-5-10-20-18/h6-8,11-12H,3-5,9-10H2,1-2H3,(H,20,22)(H,21,23). The largest absolute Gasteiger partial charge is 0.466 e. The molecule has 0 radical (unpaired) electrons. The summed E-state index contributed by atoms with van der Waals surface area (Å²) in [5.74, 6) is 1.30. The predicted octanol–water partition coefficient (Wildman–Crippen LogP) is 3.40. The van der Waals surface area contributed by atoms with Crippen molar-refractivity contribution < 1.29 is 17.6 Å². The van der Waals surface area contributed by atoms with Gasteiger partial charge >= 0.3 is 0 Å². The summed E-state index contributed by atoms with van der Waals surface area (Å²) in [6.45, 7) is 4.11. The molecule has 0 unspecified atom stereocenters. The van der Waals surface area contributed by atoms with Crippen LogP contribution in [0.3, 0.4) is 0 Å². The summed E-state index contributed by atoms with van der Waals surface area (Å²) in [5, 5.41) is 2.72. The molecule has 2 aromatic rings. The highest BCUT2D eigenvalue weighted by Gasteiger charge is 2.19. The molecule has 0 bridgehead atoms. The molecule has 7 nitrogen and oxygen atoms in total. The maximum Gasteiger partial charge on any atom is 0.262 e. The lowest BCUT2D eigenvalue weighted by atomic mass is 10.2. The van der Waals surface area contributed by atoms with Gasteiger partial charge in [-0.05, 0) is 51.0 Å². The molecule has 1 aliphatic heterocycles. The van der Waals surface area contributed by atoms with Crippen LogP contribution < -0.4 is 10.0 Å². The fourth-order valence-electron chi connectivity index (χ4n) is 2.97. The molecule has 1 aliphatic rings. The lowest BCUT2D eigenvalue weighted by Crippen LogP contribution is -2.30. The van der Waals surface area contributed by atoms with E-state index in [4.69, 9.17) is 4.42 Å². The third kappa shape index (κ3) is 4.77. The maximum absolute atomic E-state index is 12.7. The van der Waals surface area contributed by atoms with Crippen LogP contribution in [0.15, 0.2) is 44.6 Å². The zero-order valence-electron chi connectivity index (χ0n) is 15.4. The molecule has 0 atom stereocenters. The summed E-state index contributed by atoms with van der Waals surface area (Å²) in [6, 6.07) is 7.80. The number of benzene rings is 1. The predicted molar refractivity (Wildman–Crippen MR) is 104 cm³/mol. The Morgan fingerprint density at radius 2 is 1.96 bits per heavy atom. The van der Waals surface area contributed by atoms with E-state index < -0.39 is 10.0 Å². The molecule has 27 heavy (non-hydrogen) atoms. The lowest BCUT2D eigenvalue weighted by Gasteiger charge is -2.11. The number of carbonyl (C=O) groups is 1. The first-order chi connectivity index (χ1) is 12.8. The molecule has 1 aromatic heterocycles. The van der Waals surface area contributed by atoms with Crippen molar-refractivity contribution in [3.05, 3.63) is 47.4 Å². The van der Waals surface area contributed by atoms with Gasteiger partial charge in [0.2, 0.25) is 0 Å². The van der Waals surface area contributed by atoms with Gasteiger partial charge in [-0.2, -0.15) is 0 Å². The highest BCUT2D eigenvalue weighted by atomic mass is 32.2. The Labute approximate surface area is 158 Å². The minimum atomic E-state index is -3.75. The zero-order valence-corrected chi connectivity index (χ0v) is 16.2. The number of nitrogens with one attached hydrogen (secondary N) is 2. The van der Waals surface area contributed by atoms with Gasteiger partial charge < -0.3 is 9.73 Å². The first-order valence-electron chi connectivity index (χ1n) is 8.90. The van der Waals surface area contributed by atoms with E-state index in [1.165, 1.54) is 12.1 Å². The van der Waals surface area contributed by atoms with Gasteiger partial charge in [0, 0.05) is 18.7 Å². The van der Waals surface area contributed by atoms with Crippen molar-refractivity contribution in [3.8, 4) is 0 Å². The third-order valence-electron chi connectivity index (χ3n) is 4.31. The van der Waals surface area contributed by atoms with Crippen molar-refractivity contribution in [3.63, 3.8) is 0 Å². The average molecular weight is 389 g/mol. The van der Waals surface area contributed by atoms with Crippen LogP contribution in [0.2, 0.25) is 0 Å². The van der Waals surface area contributed by atoms with Gasteiger partial charge in [0.1, 0.15) is 17.4 Å². The lowest BCUT2D eigenvalue weighted by molar-refractivity contribution is 0.102. The van der Waals surface area contributed by atoms with Crippen molar-refractivity contribution >= 4 is 27.5 Å². The smallest absolute Gasteiger partial charge is 0.262 e. The second kappa shape index (κ2) is 7.96. The van der Waals surface area contributed by atoms with Crippen LogP contribution in [0.1, 0.15) is 47.6 Å². The number of hydrogen-bond donors (Lipinski definition) is 2. The van der Waals surface area contributed by atoms with Gasteiger partial charge in [0.15, 0.2) is 0 Å². The number of aryl methyl sites for hydroxylation is 2. The Bertz CT molecular complexity index is 977. The van der Waals surface area contributed by atoms with E-state index in [0.717, 1.165) is 19.3 Å². The van der Waals surface area contributed by atoms with Crippen molar-refractivity contribution in [2.45, 2.75) is 44.4 Å². The van der Waals surface area contributed by atoms with E-state index in [2.05, 4.69) is 15.0 Å². The number of anilines is 1. The van der Waals surface area contributed by atoms with E-state index in [0.29, 0.717) is 41.6 Å². The summed E-state index contributed by atoms with van der Waals surface area (Å²) < 4.78 is 33.3.